The van der Waals surface area contributed by atoms with Crippen LogP contribution in [0.2, 0.25) is 0 Å². The molecule has 0 spiro atoms. The first-order valence-electron chi connectivity index (χ1n) is 9.04. The van der Waals surface area contributed by atoms with Gasteiger partial charge in [0.2, 0.25) is 0 Å². The molecule has 0 aliphatic heterocycles. The summed E-state index contributed by atoms with van der Waals surface area (Å²) in [6.45, 7) is 4.94. The van der Waals surface area contributed by atoms with Crippen molar-refractivity contribution < 1.29 is 14.3 Å². The van der Waals surface area contributed by atoms with Crippen LogP contribution in [0.4, 0.5) is 0 Å². The van der Waals surface area contributed by atoms with Gasteiger partial charge in [0.05, 0.1) is 13.2 Å². The Morgan fingerprint density at radius 2 is 1.32 bits per heavy atom. The molecule has 0 saturated heterocycles. The molecule has 3 nitrogen and oxygen atoms in total. The van der Waals surface area contributed by atoms with Crippen LogP contribution in [0.3, 0.4) is 0 Å². The lowest BCUT2D eigenvalue weighted by atomic mass is 10.1. The standard InChI is InChI=1S/C18H35ClO3/c1-2-3-4-7-11-18(20)12-10-15-22-17-16-21-14-9-6-5-8-13-19/h2-17H2,1H3. The summed E-state index contributed by atoms with van der Waals surface area (Å²) in [6, 6.07) is 0. The van der Waals surface area contributed by atoms with Crippen molar-refractivity contribution in [3.05, 3.63) is 0 Å². The Balaban J connectivity index is 3.08. The molecule has 0 aromatic heterocycles. The van der Waals surface area contributed by atoms with E-state index < -0.39 is 0 Å². The van der Waals surface area contributed by atoms with Crippen LogP contribution in [0.25, 0.3) is 0 Å². The second-order valence-electron chi connectivity index (χ2n) is 5.78. The van der Waals surface area contributed by atoms with E-state index in [0.717, 1.165) is 44.6 Å². The summed E-state index contributed by atoms with van der Waals surface area (Å²) in [5.41, 5.74) is 0. The highest BCUT2D eigenvalue weighted by Crippen LogP contribution is 2.05. The normalized spacial score (nSPS) is 11.0. The van der Waals surface area contributed by atoms with E-state index in [1.807, 2.05) is 0 Å². The average Bonchev–Trinajstić information content (AvgIpc) is 2.52. The molecule has 0 unspecified atom stereocenters. The van der Waals surface area contributed by atoms with E-state index in [4.69, 9.17) is 21.1 Å². The van der Waals surface area contributed by atoms with E-state index in [1.54, 1.807) is 0 Å². The van der Waals surface area contributed by atoms with Crippen molar-refractivity contribution in [2.24, 2.45) is 0 Å². The van der Waals surface area contributed by atoms with E-state index in [9.17, 15) is 4.79 Å². The molecule has 4 heteroatoms. The summed E-state index contributed by atoms with van der Waals surface area (Å²) in [5, 5.41) is 0. The third-order valence-electron chi connectivity index (χ3n) is 3.60. The second kappa shape index (κ2) is 18.9. The highest BCUT2D eigenvalue weighted by molar-refractivity contribution is 6.17. The number of carbonyl (C=O) groups excluding carboxylic acids is 1. The fourth-order valence-electron chi connectivity index (χ4n) is 2.22. The molecule has 0 aliphatic rings. The lowest BCUT2D eigenvalue weighted by Crippen LogP contribution is -2.07. The molecule has 0 bridgehead atoms. The topological polar surface area (TPSA) is 35.5 Å². The van der Waals surface area contributed by atoms with Crippen molar-refractivity contribution in [1.82, 2.24) is 0 Å². The van der Waals surface area contributed by atoms with Crippen LogP contribution in [0, 0.1) is 0 Å². The quantitative estimate of drug-likeness (QED) is 0.257. The first kappa shape index (κ1) is 21.9. The molecule has 0 saturated carbocycles. The minimum Gasteiger partial charge on any atom is -0.379 e. The smallest absolute Gasteiger partial charge is 0.132 e. The zero-order chi connectivity index (χ0) is 16.3. The number of carbonyl (C=O) groups is 1. The van der Waals surface area contributed by atoms with Gasteiger partial charge in [-0.25, -0.2) is 0 Å². The van der Waals surface area contributed by atoms with Crippen LogP contribution in [-0.2, 0) is 14.3 Å². The zero-order valence-corrected chi connectivity index (χ0v) is 15.2. The number of ether oxygens (including phenoxy) is 2. The predicted molar refractivity (Wildman–Crippen MR) is 93.8 cm³/mol. The molecule has 0 atom stereocenters. The van der Waals surface area contributed by atoms with Gasteiger partial charge in [0, 0.05) is 31.9 Å². The van der Waals surface area contributed by atoms with Gasteiger partial charge in [0.25, 0.3) is 0 Å². The van der Waals surface area contributed by atoms with Crippen LogP contribution in [0.15, 0.2) is 0 Å². The van der Waals surface area contributed by atoms with Gasteiger partial charge in [-0.05, 0) is 25.7 Å². The molecular weight excluding hydrogens is 300 g/mol. The number of unbranched alkanes of at least 4 members (excludes halogenated alkanes) is 6. The monoisotopic (exact) mass is 334 g/mol. The van der Waals surface area contributed by atoms with Gasteiger partial charge in [-0.2, -0.15) is 0 Å². The lowest BCUT2D eigenvalue weighted by Gasteiger charge is -2.06. The summed E-state index contributed by atoms with van der Waals surface area (Å²) in [7, 11) is 0. The summed E-state index contributed by atoms with van der Waals surface area (Å²) >= 11 is 5.61. The Hall–Kier alpha value is -0.120. The Bertz CT molecular complexity index is 234. The minimum absolute atomic E-state index is 0.382. The van der Waals surface area contributed by atoms with Crippen LogP contribution in [0.1, 0.15) is 77.6 Å². The second-order valence-corrected chi connectivity index (χ2v) is 6.16. The maximum atomic E-state index is 11.6. The van der Waals surface area contributed by atoms with Gasteiger partial charge in [0.1, 0.15) is 5.78 Å². The number of Topliss-reactive ketones (excluding diaryl/α,β-unsaturated/α-hetero) is 1. The summed E-state index contributed by atoms with van der Waals surface area (Å²) in [5.74, 6) is 1.14. The van der Waals surface area contributed by atoms with Gasteiger partial charge in [-0.3, -0.25) is 4.79 Å². The molecule has 0 rings (SSSR count). The van der Waals surface area contributed by atoms with Crippen LogP contribution in [-0.4, -0.2) is 38.1 Å². The number of rotatable bonds is 18. The van der Waals surface area contributed by atoms with Crippen molar-refractivity contribution in [2.75, 3.05) is 32.3 Å². The SMILES string of the molecule is CCCCCCC(=O)CCCOCCOCCCCCCCl. The van der Waals surface area contributed by atoms with Crippen LogP contribution < -0.4 is 0 Å². The van der Waals surface area contributed by atoms with Crippen LogP contribution in [0.5, 0.6) is 0 Å². The van der Waals surface area contributed by atoms with Crippen molar-refractivity contribution in [3.8, 4) is 0 Å². The first-order chi connectivity index (χ1) is 10.8. The van der Waals surface area contributed by atoms with Crippen molar-refractivity contribution in [3.63, 3.8) is 0 Å². The van der Waals surface area contributed by atoms with Crippen LogP contribution >= 0.6 is 11.6 Å². The largest absolute Gasteiger partial charge is 0.379 e. The van der Waals surface area contributed by atoms with Gasteiger partial charge >= 0.3 is 0 Å². The molecule has 0 aromatic carbocycles. The molecule has 0 heterocycles. The number of alkyl halides is 1. The zero-order valence-electron chi connectivity index (χ0n) is 14.4. The molecule has 0 aliphatic carbocycles. The number of halogens is 1. The fourth-order valence-corrected chi connectivity index (χ4v) is 2.41. The van der Waals surface area contributed by atoms with E-state index in [-0.39, 0.29) is 0 Å². The van der Waals surface area contributed by atoms with Gasteiger partial charge in [-0.15, -0.1) is 11.6 Å². The Morgan fingerprint density at radius 3 is 2.00 bits per heavy atom. The Labute approximate surface area is 142 Å². The van der Waals surface area contributed by atoms with Crippen molar-refractivity contribution in [2.45, 2.75) is 77.6 Å². The minimum atomic E-state index is 0.382. The van der Waals surface area contributed by atoms with Gasteiger partial charge < -0.3 is 9.47 Å². The molecule has 0 N–H and O–H groups in total. The van der Waals surface area contributed by atoms with E-state index in [1.165, 1.54) is 32.1 Å². The average molecular weight is 335 g/mol. The lowest BCUT2D eigenvalue weighted by molar-refractivity contribution is -0.119. The third-order valence-corrected chi connectivity index (χ3v) is 3.87. The number of hydrogen-bond donors (Lipinski definition) is 0. The highest BCUT2D eigenvalue weighted by atomic mass is 35.5. The number of ketones is 1. The molecule has 132 valence electrons. The van der Waals surface area contributed by atoms with E-state index in [0.29, 0.717) is 32.0 Å². The van der Waals surface area contributed by atoms with E-state index in [2.05, 4.69) is 6.92 Å². The predicted octanol–water partition coefficient (Wildman–Crippen LogP) is 5.14. The van der Waals surface area contributed by atoms with E-state index >= 15 is 0 Å². The molecule has 0 aromatic rings. The Kier molecular flexibility index (Phi) is 18.8. The van der Waals surface area contributed by atoms with Crippen molar-refractivity contribution >= 4 is 17.4 Å². The summed E-state index contributed by atoms with van der Waals surface area (Å²) < 4.78 is 11.0. The van der Waals surface area contributed by atoms with Crippen molar-refractivity contribution in [1.29, 1.82) is 0 Å². The van der Waals surface area contributed by atoms with Gasteiger partial charge in [0.15, 0.2) is 0 Å². The Morgan fingerprint density at radius 1 is 0.727 bits per heavy atom. The third kappa shape index (κ3) is 17.9. The maximum Gasteiger partial charge on any atom is 0.132 e. The molecule has 0 amide bonds. The van der Waals surface area contributed by atoms with Gasteiger partial charge in [-0.1, -0.05) is 39.0 Å². The molecule has 0 fully saturated rings. The molecule has 0 radical (unpaired) electrons. The summed E-state index contributed by atoms with van der Waals surface area (Å²) in [6.07, 6.45) is 11.5. The molecule has 22 heavy (non-hydrogen) atoms. The fraction of sp³-hybridized carbons (Fsp3) is 0.944. The highest BCUT2D eigenvalue weighted by Gasteiger charge is 2.01. The maximum absolute atomic E-state index is 11.6. The number of hydrogen-bond acceptors (Lipinski definition) is 3. The summed E-state index contributed by atoms with van der Waals surface area (Å²) in [4.78, 5) is 11.6. The first-order valence-corrected chi connectivity index (χ1v) is 9.57. The molecular formula is C18H35ClO3.